The Bertz CT molecular complexity index is 1070. The average molecular weight is 438 g/mol. The molecule has 158 valence electrons. The first-order valence-electron chi connectivity index (χ1n) is 9.41. The number of hydrogen-bond donors (Lipinski definition) is 0. The van der Waals surface area contributed by atoms with E-state index in [2.05, 4.69) is 14.9 Å². The summed E-state index contributed by atoms with van der Waals surface area (Å²) in [7, 11) is 1.47. The van der Waals surface area contributed by atoms with Crippen LogP contribution >= 0.6 is 11.6 Å². The van der Waals surface area contributed by atoms with E-state index >= 15 is 0 Å². The predicted molar refractivity (Wildman–Crippen MR) is 108 cm³/mol. The Balaban J connectivity index is 1.64. The van der Waals surface area contributed by atoms with Crippen molar-refractivity contribution in [2.24, 2.45) is 0 Å². The van der Waals surface area contributed by atoms with Gasteiger partial charge in [0.15, 0.2) is 0 Å². The van der Waals surface area contributed by atoms with Crippen LogP contribution in [-0.4, -0.2) is 36.4 Å². The molecule has 0 saturated carbocycles. The lowest BCUT2D eigenvalue weighted by Crippen LogP contribution is -2.32. The summed E-state index contributed by atoms with van der Waals surface area (Å²) in [5.74, 6) is 0.331. The van der Waals surface area contributed by atoms with Crippen molar-refractivity contribution in [1.82, 2.24) is 9.97 Å². The Morgan fingerprint density at radius 1 is 1.13 bits per heavy atom. The summed E-state index contributed by atoms with van der Waals surface area (Å²) < 4.78 is 47.7. The number of hydrogen-bond acceptors (Lipinski definition) is 5. The van der Waals surface area contributed by atoms with E-state index in [4.69, 9.17) is 21.1 Å². The highest BCUT2D eigenvalue weighted by molar-refractivity contribution is 6.36. The van der Waals surface area contributed by atoms with Crippen LogP contribution in [0.25, 0.3) is 10.8 Å². The first-order chi connectivity index (χ1) is 14.4. The minimum absolute atomic E-state index is 0.118. The second-order valence-corrected chi connectivity index (χ2v) is 7.35. The van der Waals surface area contributed by atoms with Gasteiger partial charge < -0.3 is 14.4 Å². The minimum atomic E-state index is -4.30. The van der Waals surface area contributed by atoms with Crippen LogP contribution in [0.3, 0.4) is 0 Å². The van der Waals surface area contributed by atoms with Crippen molar-refractivity contribution in [2.45, 2.75) is 25.6 Å². The minimum Gasteiger partial charge on any atom is -0.481 e. The van der Waals surface area contributed by atoms with E-state index in [-0.39, 0.29) is 6.01 Å². The Kier molecular flexibility index (Phi) is 5.60. The Morgan fingerprint density at radius 2 is 1.90 bits per heavy atom. The van der Waals surface area contributed by atoms with Gasteiger partial charge in [-0.1, -0.05) is 35.9 Å². The summed E-state index contributed by atoms with van der Waals surface area (Å²) in [6.45, 7) is 0.591. The molecule has 0 aliphatic carbocycles. The summed E-state index contributed by atoms with van der Waals surface area (Å²) in [6.07, 6.45) is -4.75. The van der Waals surface area contributed by atoms with E-state index in [0.717, 1.165) is 22.0 Å². The lowest BCUT2D eigenvalue weighted by Gasteiger charge is -2.31. The quantitative estimate of drug-likeness (QED) is 0.550. The molecular weight excluding hydrogens is 419 g/mol. The third-order valence-corrected chi connectivity index (χ3v) is 5.30. The van der Waals surface area contributed by atoms with Crippen LogP contribution in [0.4, 0.5) is 18.9 Å². The van der Waals surface area contributed by atoms with E-state index in [1.165, 1.54) is 7.11 Å². The summed E-state index contributed by atoms with van der Waals surface area (Å²) in [5.41, 5.74) is 2.48. The van der Waals surface area contributed by atoms with Crippen LogP contribution in [0.15, 0.2) is 36.4 Å². The topological polar surface area (TPSA) is 47.5 Å². The molecule has 1 aromatic heterocycles. The van der Waals surface area contributed by atoms with Gasteiger partial charge >= 0.3 is 12.2 Å². The van der Waals surface area contributed by atoms with Crippen molar-refractivity contribution in [1.29, 1.82) is 0 Å². The molecule has 0 bridgehead atoms. The number of fused-ring (bicyclic) bond motifs is 2. The van der Waals surface area contributed by atoms with Crippen molar-refractivity contribution in [3.8, 4) is 11.9 Å². The molecule has 0 saturated heterocycles. The maximum Gasteiger partial charge on any atom is 0.392 e. The molecule has 0 fully saturated rings. The fraction of sp³-hybridized carbons (Fsp3) is 0.333. The molecule has 30 heavy (non-hydrogen) atoms. The average Bonchev–Trinajstić information content (AvgIpc) is 2.71. The van der Waals surface area contributed by atoms with Gasteiger partial charge in [-0.3, -0.25) is 0 Å². The number of anilines is 1. The molecule has 0 atom stereocenters. The smallest absolute Gasteiger partial charge is 0.392 e. The van der Waals surface area contributed by atoms with E-state index in [1.54, 1.807) is 0 Å². The molecule has 0 N–H and O–H groups in total. The zero-order valence-electron chi connectivity index (χ0n) is 16.2. The highest BCUT2D eigenvalue weighted by Gasteiger charge is 2.28. The highest BCUT2D eigenvalue weighted by Crippen LogP contribution is 2.36. The van der Waals surface area contributed by atoms with Crippen LogP contribution in [0.5, 0.6) is 11.9 Å². The fourth-order valence-electron chi connectivity index (χ4n) is 3.61. The normalized spacial score (nSPS) is 14.0. The molecule has 3 aromatic rings. The second-order valence-electron chi connectivity index (χ2n) is 6.94. The third-order valence-electron chi connectivity index (χ3n) is 4.99. The first-order valence-corrected chi connectivity index (χ1v) is 9.79. The van der Waals surface area contributed by atoms with Gasteiger partial charge in [-0.2, -0.15) is 23.1 Å². The molecule has 0 unspecified atom stereocenters. The number of benzene rings is 2. The molecule has 0 amide bonds. The Hall–Kier alpha value is -2.74. The van der Waals surface area contributed by atoms with Gasteiger partial charge in [0.05, 0.1) is 30.8 Å². The van der Waals surface area contributed by atoms with Gasteiger partial charge in [-0.05, 0) is 23.9 Å². The molecule has 9 heteroatoms. The molecular formula is C21H19ClF3N3O2. The molecule has 0 spiro atoms. The number of methoxy groups -OCH3 is 1. The fourth-order valence-corrected chi connectivity index (χ4v) is 3.89. The lowest BCUT2D eigenvalue weighted by molar-refractivity contribution is -0.139. The lowest BCUT2D eigenvalue weighted by atomic mass is 10.0. The highest BCUT2D eigenvalue weighted by atomic mass is 35.5. The number of ether oxygens (including phenoxy) is 2. The third kappa shape index (κ3) is 4.23. The summed E-state index contributed by atoms with van der Waals surface area (Å²) >= 11 is 6.46. The van der Waals surface area contributed by atoms with Crippen LogP contribution in [0, 0.1) is 0 Å². The zero-order valence-corrected chi connectivity index (χ0v) is 16.9. The van der Waals surface area contributed by atoms with Gasteiger partial charge in [0.2, 0.25) is 5.88 Å². The molecule has 0 radical (unpaired) electrons. The van der Waals surface area contributed by atoms with Gasteiger partial charge in [-0.15, -0.1) is 0 Å². The van der Waals surface area contributed by atoms with E-state index in [1.807, 2.05) is 36.4 Å². The van der Waals surface area contributed by atoms with Gasteiger partial charge in [0, 0.05) is 23.2 Å². The molecule has 5 nitrogen and oxygen atoms in total. The second kappa shape index (κ2) is 8.18. The Morgan fingerprint density at radius 3 is 2.63 bits per heavy atom. The van der Waals surface area contributed by atoms with E-state index in [0.29, 0.717) is 36.1 Å². The van der Waals surface area contributed by atoms with Crippen LogP contribution in [0.2, 0.25) is 5.02 Å². The number of aromatic nitrogens is 2. The van der Waals surface area contributed by atoms with Gasteiger partial charge in [0.25, 0.3) is 0 Å². The van der Waals surface area contributed by atoms with Crippen LogP contribution < -0.4 is 14.4 Å². The first kappa shape index (κ1) is 20.5. The predicted octanol–water partition coefficient (Wildman–Crippen LogP) is 5.19. The van der Waals surface area contributed by atoms with Crippen molar-refractivity contribution in [3.63, 3.8) is 0 Å². The zero-order chi connectivity index (χ0) is 21.3. The van der Waals surface area contributed by atoms with Crippen LogP contribution in [-0.2, 0) is 13.0 Å². The molecule has 1 aliphatic rings. The molecule has 1 aliphatic heterocycles. The summed E-state index contributed by atoms with van der Waals surface area (Å²) in [4.78, 5) is 10.6. The largest absolute Gasteiger partial charge is 0.481 e. The SMILES string of the molecule is COc1nc(OCCC(F)(F)F)nc2c1CCN(c1cccc3cccc(Cl)c13)C2. The van der Waals surface area contributed by atoms with Gasteiger partial charge in [0.1, 0.15) is 6.61 Å². The van der Waals surface area contributed by atoms with Crippen molar-refractivity contribution < 1.29 is 22.6 Å². The van der Waals surface area contributed by atoms with Crippen LogP contribution in [0.1, 0.15) is 17.7 Å². The monoisotopic (exact) mass is 437 g/mol. The maximum atomic E-state index is 12.4. The number of halogens is 4. The number of rotatable bonds is 5. The number of nitrogens with zero attached hydrogens (tertiary/aromatic N) is 3. The van der Waals surface area contributed by atoms with Crippen molar-refractivity contribution in [2.75, 3.05) is 25.2 Å². The number of alkyl halides is 3. The molecule has 4 rings (SSSR count). The molecule has 2 heterocycles. The Labute approximate surface area is 176 Å². The summed E-state index contributed by atoms with van der Waals surface area (Å²) in [6, 6.07) is 11.6. The van der Waals surface area contributed by atoms with E-state index < -0.39 is 19.2 Å². The standard InChI is InChI=1S/C21H19ClF3N3O2/c1-29-19-14-8-10-28(17-7-3-5-13-4-2-6-15(22)18(13)17)12-16(14)26-20(27-19)30-11-9-21(23,24)25/h2-7H,8-12H2,1H3. The van der Waals surface area contributed by atoms with Crippen molar-refractivity contribution in [3.05, 3.63) is 52.7 Å². The van der Waals surface area contributed by atoms with E-state index in [9.17, 15) is 13.2 Å². The maximum absolute atomic E-state index is 12.4. The van der Waals surface area contributed by atoms with Crippen molar-refractivity contribution >= 4 is 28.1 Å². The summed E-state index contributed by atoms with van der Waals surface area (Å²) in [5, 5.41) is 2.64. The van der Waals surface area contributed by atoms with Gasteiger partial charge in [-0.25, -0.2) is 0 Å². The molecule has 2 aromatic carbocycles.